The number of carbonyl (C=O) groups excluding carboxylic acids is 1. The molecule has 0 aliphatic carbocycles. The molecule has 5 nitrogen and oxygen atoms in total. The van der Waals surface area contributed by atoms with Gasteiger partial charge in [-0.15, -0.1) is 0 Å². The molecular formula is C20H34N4O. The van der Waals surface area contributed by atoms with Gasteiger partial charge in [-0.2, -0.15) is 0 Å². The summed E-state index contributed by atoms with van der Waals surface area (Å²) in [6.07, 6.45) is 5.32. The molecule has 2 heterocycles. The van der Waals surface area contributed by atoms with Gasteiger partial charge in [-0.1, -0.05) is 40.0 Å². The van der Waals surface area contributed by atoms with Crippen molar-refractivity contribution in [3.63, 3.8) is 0 Å². The molecule has 1 fully saturated rings. The zero-order chi connectivity index (χ0) is 18.4. The fourth-order valence-corrected chi connectivity index (χ4v) is 3.65. The van der Waals surface area contributed by atoms with Crippen molar-refractivity contribution in [2.24, 2.45) is 0 Å². The first kappa shape index (κ1) is 19.7. The minimum Gasteiger partial charge on any atom is -0.353 e. The van der Waals surface area contributed by atoms with Gasteiger partial charge in [0.2, 0.25) is 5.91 Å². The number of anilines is 1. The second kappa shape index (κ2) is 9.16. The predicted molar refractivity (Wildman–Crippen MR) is 103 cm³/mol. The molecule has 0 aromatic carbocycles. The summed E-state index contributed by atoms with van der Waals surface area (Å²) in [7, 11) is 0. The number of aryl methyl sites for hydroxylation is 2. The van der Waals surface area contributed by atoms with Gasteiger partial charge in [0.05, 0.1) is 0 Å². The van der Waals surface area contributed by atoms with E-state index in [0.717, 1.165) is 49.9 Å². The van der Waals surface area contributed by atoms with E-state index in [1.165, 1.54) is 24.8 Å². The molecule has 1 aliphatic rings. The lowest BCUT2D eigenvalue weighted by Gasteiger charge is -2.37. The van der Waals surface area contributed by atoms with Gasteiger partial charge in [-0.25, -0.2) is 9.97 Å². The maximum Gasteiger partial charge on any atom is 0.222 e. The summed E-state index contributed by atoms with van der Waals surface area (Å²) in [5, 5.41) is 0. The van der Waals surface area contributed by atoms with E-state index in [1.807, 2.05) is 11.8 Å². The van der Waals surface area contributed by atoms with Gasteiger partial charge in [0.1, 0.15) is 11.6 Å². The van der Waals surface area contributed by atoms with Crippen LogP contribution in [0.4, 0.5) is 5.82 Å². The Hall–Kier alpha value is -1.65. The molecule has 0 N–H and O–H groups in total. The molecule has 1 saturated heterocycles. The zero-order valence-electron chi connectivity index (χ0n) is 16.6. The smallest absolute Gasteiger partial charge is 0.222 e. The minimum absolute atomic E-state index is 0.315. The fourth-order valence-electron chi connectivity index (χ4n) is 3.65. The number of aromatic nitrogens is 2. The number of carbonyl (C=O) groups is 1. The Morgan fingerprint density at radius 2 is 1.72 bits per heavy atom. The van der Waals surface area contributed by atoms with Crippen LogP contribution in [0.25, 0.3) is 0 Å². The lowest BCUT2D eigenvalue weighted by Crippen LogP contribution is -2.49. The molecule has 0 unspecified atom stereocenters. The molecule has 0 saturated carbocycles. The van der Waals surface area contributed by atoms with Crippen LogP contribution < -0.4 is 4.90 Å². The van der Waals surface area contributed by atoms with E-state index < -0.39 is 0 Å². The molecule has 140 valence electrons. The first-order valence-electron chi connectivity index (χ1n) is 9.81. The average molecular weight is 347 g/mol. The molecule has 25 heavy (non-hydrogen) atoms. The van der Waals surface area contributed by atoms with Crippen molar-refractivity contribution in [2.45, 2.75) is 72.6 Å². The second-order valence-corrected chi connectivity index (χ2v) is 7.43. The SMILES string of the molecule is CCCCCCC(=O)N1CCN(c2nc(C)nc(C)c2C(C)C)CC1. The van der Waals surface area contributed by atoms with Crippen molar-refractivity contribution < 1.29 is 4.79 Å². The van der Waals surface area contributed by atoms with E-state index in [1.54, 1.807) is 0 Å². The van der Waals surface area contributed by atoms with Crippen LogP contribution >= 0.6 is 0 Å². The van der Waals surface area contributed by atoms with E-state index in [2.05, 4.69) is 37.6 Å². The van der Waals surface area contributed by atoms with Crippen molar-refractivity contribution in [3.05, 3.63) is 17.1 Å². The van der Waals surface area contributed by atoms with Crippen molar-refractivity contribution >= 4 is 11.7 Å². The largest absolute Gasteiger partial charge is 0.353 e. The number of hydrogen-bond donors (Lipinski definition) is 0. The van der Waals surface area contributed by atoms with Crippen LogP contribution in [-0.4, -0.2) is 47.0 Å². The van der Waals surface area contributed by atoms with Crippen LogP contribution in [-0.2, 0) is 4.79 Å². The number of amides is 1. The normalized spacial score (nSPS) is 15.1. The maximum absolute atomic E-state index is 12.4. The molecule has 0 atom stereocenters. The Labute approximate surface area is 152 Å². The van der Waals surface area contributed by atoms with E-state index in [4.69, 9.17) is 4.98 Å². The molecular weight excluding hydrogens is 312 g/mol. The van der Waals surface area contributed by atoms with Crippen molar-refractivity contribution in [2.75, 3.05) is 31.1 Å². The highest BCUT2D eigenvalue weighted by molar-refractivity contribution is 5.76. The van der Waals surface area contributed by atoms with Gasteiger partial charge in [0.15, 0.2) is 0 Å². The maximum atomic E-state index is 12.4. The van der Waals surface area contributed by atoms with Gasteiger partial charge in [-0.3, -0.25) is 4.79 Å². The summed E-state index contributed by atoms with van der Waals surface area (Å²) in [4.78, 5) is 26.0. The lowest BCUT2D eigenvalue weighted by atomic mass is 10.0. The number of unbranched alkanes of at least 4 members (excludes halogenated alkanes) is 3. The molecule has 5 heteroatoms. The molecule has 1 aromatic heterocycles. The summed E-state index contributed by atoms with van der Waals surface area (Å²) in [5.41, 5.74) is 2.32. The van der Waals surface area contributed by atoms with Crippen LogP contribution in [0.15, 0.2) is 0 Å². The number of hydrogen-bond acceptors (Lipinski definition) is 4. The van der Waals surface area contributed by atoms with Gasteiger partial charge < -0.3 is 9.80 Å². The van der Waals surface area contributed by atoms with Gasteiger partial charge >= 0.3 is 0 Å². The minimum atomic E-state index is 0.315. The Morgan fingerprint density at radius 3 is 2.32 bits per heavy atom. The van der Waals surface area contributed by atoms with Crippen molar-refractivity contribution in [3.8, 4) is 0 Å². The second-order valence-electron chi connectivity index (χ2n) is 7.43. The summed E-state index contributed by atoms with van der Waals surface area (Å²) in [6.45, 7) is 13.9. The van der Waals surface area contributed by atoms with Crippen LogP contribution in [0.2, 0.25) is 0 Å². The quantitative estimate of drug-likeness (QED) is 0.704. The van der Waals surface area contributed by atoms with Gasteiger partial charge in [0, 0.05) is 43.9 Å². The summed E-state index contributed by atoms with van der Waals surface area (Å²) >= 11 is 0. The van der Waals surface area contributed by atoms with Gasteiger partial charge in [0.25, 0.3) is 0 Å². The number of piperazine rings is 1. The van der Waals surface area contributed by atoms with Crippen LogP contribution in [0.1, 0.15) is 75.9 Å². The van der Waals surface area contributed by atoms with E-state index in [-0.39, 0.29) is 0 Å². The lowest BCUT2D eigenvalue weighted by molar-refractivity contribution is -0.131. The first-order chi connectivity index (χ1) is 11.9. The van der Waals surface area contributed by atoms with Crippen LogP contribution in [0.3, 0.4) is 0 Å². The standard InChI is InChI=1S/C20H34N4O/c1-6-7-8-9-10-18(25)23-11-13-24(14-12-23)20-19(15(2)3)16(4)21-17(5)22-20/h15H,6-14H2,1-5H3. The molecule has 2 rings (SSSR count). The van der Waals surface area contributed by atoms with Gasteiger partial charge in [-0.05, 0) is 26.2 Å². The molecule has 1 aromatic rings. The Balaban J connectivity index is 1.97. The zero-order valence-corrected chi connectivity index (χ0v) is 16.6. The van der Waals surface area contributed by atoms with E-state index in [9.17, 15) is 4.79 Å². The predicted octanol–water partition coefficient (Wildman–Crippen LogP) is 3.84. The number of rotatable bonds is 7. The molecule has 1 aliphatic heterocycles. The summed E-state index contributed by atoms with van der Waals surface area (Å²) < 4.78 is 0. The summed E-state index contributed by atoms with van der Waals surface area (Å²) in [6, 6.07) is 0. The Bertz CT molecular complexity index is 577. The Kier molecular flexibility index (Phi) is 7.21. The third kappa shape index (κ3) is 5.16. The highest BCUT2D eigenvalue weighted by atomic mass is 16.2. The third-order valence-corrected chi connectivity index (χ3v) is 4.98. The molecule has 0 radical (unpaired) electrons. The Morgan fingerprint density at radius 1 is 1.04 bits per heavy atom. The van der Waals surface area contributed by atoms with Crippen LogP contribution in [0.5, 0.6) is 0 Å². The third-order valence-electron chi connectivity index (χ3n) is 4.98. The fraction of sp³-hybridized carbons (Fsp3) is 0.750. The average Bonchev–Trinajstić information content (AvgIpc) is 2.57. The molecule has 0 bridgehead atoms. The van der Waals surface area contributed by atoms with E-state index in [0.29, 0.717) is 18.2 Å². The first-order valence-corrected chi connectivity index (χ1v) is 9.81. The molecule has 0 spiro atoms. The van der Waals surface area contributed by atoms with Crippen LogP contribution in [0, 0.1) is 13.8 Å². The summed E-state index contributed by atoms with van der Waals surface area (Å²) in [5.74, 6) is 2.60. The highest BCUT2D eigenvalue weighted by Gasteiger charge is 2.25. The van der Waals surface area contributed by atoms with E-state index >= 15 is 0 Å². The van der Waals surface area contributed by atoms with Crippen molar-refractivity contribution in [1.29, 1.82) is 0 Å². The van der Waals surface area contributed by atoms with Crippen molar-refractivity contribution in [1.82, 2.24) is 14.9 Å². The molecule has 1 amide bonds. The monoisotopic (exact) mass is 346 g/mol. The highest BCUT2D eigenvalue weighted by Crippen LogP contribution is 2.29. The topological polar surface area (TPSA) is 49.3 Å². The number of nitrogens with zero attached hydrogens (tertiary/aromatic N) is 4.